The third-order valence-electron chi connectivity index (χ3n) is 17.6. The highest BCUT2D eigenvalue weighted by atomic mass is 15.1. The van der Waals surface area contributed by atoms with Gasteiger partial charge in [0.2, 0.25) is 0 Å². The summed E-state index contributed by atoms with van der Waals surface area (Å²) >= 11 is 0. The molecule has 9 aromatic rings. The first-order chi connectivity index (χ1) is 32.5. The van der Waals surface area contributed by atoms with Crippen LogP contribution in [-0.2, 0) is 37.9 Å². The van der Waals surface area contributed by atoms with Crippen molar-refractivity contribution in [3.05, 3.63) is 159 Å². The Labute approximate surface area is 417 Å². The zero-order valence-electron chi connectivity index (χ0n) is 45.3. The van der Waals surface area contributed by atoms with Gasteiger partial charge in [0, 0.05) is 44.0 Å². The lowest BCUT2D eigenvalue weighted by molar-refractivity contribution is 0.583. The van der Waals surface area contributed by atoms with Crippen molar-refractivity contribution in [3.63, 3.8) is 0 Å². The van der Waals surface area contributed by atoms with Gasteiger partial charge in [-0.1, -0.05) is 197 Å². The van der Waals surface area contributed by atoms with Gasteiger partial charge < -0.3 is 9.13 Å². The Bertz CT molecular complexity index is 3810. The number of hydrogen-bond donors (Lipinski definition) is 0. The minimum Gasteiger partial charge on any atom is -0.310 e. The van der Waals surface area contributed by atoms with Gasteiger partial charge in [0.15, 0.2) is 0 Å². The molecule has 0 bridgehead atoms. The Morgan fingerprint density at radius 2 is 0.757 bits per heavy atom. The average molecular weight is 915 g/mol. The minimum absolute atomic E-state index is 0.000628. The third kappa shape index (κ3) is 5.48. The molecule has 0 N–H and O–H groups in total. The predicted octanol–water partition coefficient (Wildman–Crippen LogP) is 15.5. The van der Waals surface area contributed by atoms with Gasteiger partial charge in [-0.3, -0.25) is 0 Å². The van der Waals surface area contributed by atoms with E-state index in [-0.39, 0.29) is 39.2 Å². The van der Waals surface area contributed by atoms with E-state index in [4.69, 9.17) is 0 Å². The summed E-state index contributed by atoms with van der Waals surface area (Å²) in [5, 5.41) is 5.48. The number of nitrogens with zero attached hydrogens (tertiary/aromatic N) is 2. The fraction of sp³-hybridized carbons (Fsp3) is 0.373. The van der Waals surface area contributed by atoms with Crippen LogP contribution in [0.15, 0.2) is 103 Å². The van der Waals surface area contributed by atoms with E-state index in [1.807, 2.05) is 0 Å². The summed E-state index contributed by atoms with van der Waals surface area (Å²) in [6.07, 6.45) is 0. The zero-order chi connectivity index (χ0) is 49.7. The van der Waals surface area contributed by atoms with Gasteiger partial charge >= 0.3 is 0 Å². The Balaban J connectivity index is 1.32. The van der Waals surface area contributed by atoms with Crippen LogP contribution in [0.2, 0.25) is 0 Å². The van der Waals surface area contributed by atoms with E-state index in [0.29, 0.717) is 0 Å². The molecule has 5 heterocycles. The van der Waals surface area contributed by atoms with Gasteiger partial charge in [-0.25, -0.2) is 0 Å². The van der Waals surface area contributed by atoms with Gasteiger partial charge in [0.25, 0.3) is 6.71 Å². The quantitative estimate of drug-likeness (QED) is 0.134. The molecule has 2 nitrogen and oxygen atoms in total. The molecule has 0 radical (unpaired) electrons. The molecule has 2 aromatic heterocycles. The van der Waals surface area contributed by atoms with Crippen molar-refractivity contribution in [2.75, 3.05) is 0 Å². The summed E-state index contributed by atoms with van der Waals surface area (Å²) in [6, 6.07) is 43.3. The summed E-state index contributed by atoms with van der Waals surface area (Å²) < 4.78 is 5.52. The second kappa shape index (κ2) is 13.0. The molecule has 352 valence electrons. The SMILES string of the molecule is CC(C)(C)c1ccc2c(c1)C1(c3cc(C(C)(C)C)ccc3-2)c2ccc3c4c2-n2c5c(cc(C(C)(C)C)cc5c5cc(C(C)(C)C)cc1c52)B4c1cc(C(C)(C)C)cc2c4ccc(C(C)(C)C)cc4n-3c12. The fourth-order valence-corrected chi connectivity index (χ4v) is 13.5. The minimum atomic E-state index is -0.586. The Kier molecular flexibility index (Phi) is 8.20. The van der Waals surface area contributed by atoms with E-state index in [1.54, 1.807) is 0 Å². The Morgan fingerprint density at radius 3 is 1.26 bits per heavy atom. The first kappa shape index (κ1) is 44.2. The predicted molar refractivity (Wildman–Crippen MR) is 303 cm³/mol. The molecule has 70 heavy (non-hydrogen) atoms. The molecule has 4 aliphatic rings. The van der Waals surface area contributed by atoms with E-state index in [9.17, 15) is 0 Å². The molecule has 0 fully saturated rings. The number of fused-ring (bicyclic) bond motifs is 14. The van der Waals surface area contributed by atoms with E-state index in [2.05, 4.69) is 237 Å². The monoisotopic (exact) mass is 915 g/mol. The van der Waals surface area contributed by atoms with Crippen LogP contribution in [0.5, 0.6) is 0 Å². The summed E-state index contributed by atoms with van der Waals surface area (Å²) in [4.78, 5) is 0. The maximum atomic E-state index is 2.81. The normalized spacial score (nSPS) is 15.7. The van der Waals surface area contributed by atoms with Crippen LogP contribution in [0.3, 0.4) is 0 Å². The first-order valence-corrected chi connectivity index (χ1v) is 26.3. The third-order valence-corrected chi connectivity index (χ3v) is 17.6. The fourth-order valence-electron chi connectivity index (χ4n) is 13.5. The van der Waals surface area contributed by atoms with Gasteiger partial charge in [0.05, 0.1) is 16.4 Å². The number of benzene rings is 7. The van der Waals surface area contributed by atoms with Crippen LogP contribution < -0.4 is 16.4 Å². The number of aromatic nitrogens is 2. The summed E-state index contributed by atoms with van der Waals surface area (Å²) in [7, 11) is 0. The van der Waals surface area contributed by atoms with E-state index in [1.165, 1.54) is 138 Å². The maximum absolute atomic E-state index is 2.81. The topological polar surface area (TPSA) is 9.86 Å². The molecule has 0 saturated heterocycles. The van der Waals surface area contributed by atoms with Gasteiger partial charge in [-0.05, 0) is 146 Å². The molecule has 1 spiro atoms. The molecule has 0 unspecified atom stereocenters. The Hall–Kier alpha value is -5.80. The van der Waals surface area contributed by atoms with Gasteiger partial charge in [-0.2, -0.15) is 0 Å². The Morgan fingerprint density at radius 1 is 0.343 bits per heavy atom. The van der Waals surface area contributed by atoms with Crippen LogP contribution in [0.1, 0.15) is 180 Å². The van der Waals surface area contributed by atoms with Crippen molar-refractivity contribution in [2.45, 2.75) is 163 Å². The van der Waals surface area contributed by atoms with Crippen LogP contribution in [0.25, 0.3) is 66.1 Å². The molecule has 0 saturated carbocycles. The average Bonchev–Trinajstić information content (AvgIpc) is 3.88. The highest BCUT2D eigenvalue weighted by Crippen LogP contribution is 2.63. The lowest BCUT2D eigenvalue weighted by Crippen LogP contribution is -2.60. The standard InChI is InChI=1S/C67H71BN2/c1-61(2,3)36-19-22-42-43-23-20-37(62(4,5)6)31-50(43)67(49(42)30-36)48-25-26-54-56-60(48)70-57-46(27-39(32-51(57)67)64(10,11)12)47-29-41(66(16,17)18)34-53(59(47)70)68(56)52-33-40(65(13,14)15)28-45-44-24-21-38(63(7,8)9)35-55(44)69(54)58(45)52/h19-35H,1-18H3. The van der Waals surface area contributed by atoms with E-state index in [0.717, 1.165) is 0 Å². The van der Waals surface area contributed by atoms with Crippen LogP contribution in [0.4, 0.5) is 0 Å². The molecule has 0 atom stereocenters. The van der Waals surface area contributed by atoms with Crippen molar-refractivity contribution in [1.29, 1.82) is 0 Å². The van der Waals surface area contributed by atoms with Gasteiger partial charge in [0.1, 0.15) is 0 Å². The smallest absolute Gasteiger partial charge is 0.252 e. The van der Waals surface area contributed by atoms with Crippen molar-refractivity contribution < 1.29 is 0 Å². The summed E-state index contributed by atoms with van der Waals surface area (Å²) in [5.41, 5.74) is 28.3. The van der Waals surface area contributed by atoms with Crippen LogP contribution in [0, 0.1) is 0 Å². The van der Waals surface area contributed by atoms with Crippen molar-refractivity contribution >= 4 is 66.7 Å². The highest BCUT2D eigenvalue weighted by Gasteiger charge is 2.55. The molecule has 0 amide bonds. The lowest BCUT2D eigenvalue weighted by atomic mass is 9.33. The second-order valence-corrected chi connectivity index (χ2v) is 28.3. The van der Waals surface area contributed by atoms with Crippen molar-refractivity contribution in [2.24, 2.45) is 0 Å². The molecule has 7 aromatic carbocycles. The highest BCUT2D eigenvalue weighted by molar-refractivity contribution is 7.00. The number of rotatable bonds is 0. The first-order valence-electron chi connectivity index (χ1n) is 26.3. The molecular weight excluding hydrogens is 844 g/mol. The molecule has 3 aliphatic heterocycles. The largest absolute Gasteiger partial charge is 0.310 e. The molecule has 13 rings (SSSR count). The maximum Gasteiger partial charge on any atom is 0.252 e. The molecule has 3 heteroatoms. The zero-order valence-corrected chi connectivity index (χ0v) is 45.3. The second-order valence-electron chi connectivity index (χ2n) is 28.3. The van der Waals surface area contributed by atoms with Crippen molar-refractivity contribution in [1.82, 2.24) is 9.13 Å². The number of hydrogen-bond acceptors (Lipinski definition) is 0. The molecule has 1 aliphatic carbocycles. The van der Waals surface area contributed by atoms with Crippen LogP contribution >= 0.6 is 0 Å². The summed E-state index contributed by atoms with van der Waals surface area (Å²) in [5.74, 6) is 0. The van der Waals surface area contributed by atoms with Crippen LogP contribution in [-0.4, -0.2) is 15.8 Å². The lowest BCUT2D eigenvalue weighted by Gasteiger charge is -2.45. The van der Waals surface area contributed by atoms with Crippen molar-refractivity contribution in [3.8, 4) is 22.5 Å². The van der Waals surface area contributed by atoms with E-state index >= 15 is 0 Å². The molecular formula is C67H71BN2. The summed E-state index contributed by atoms with van der Waals surface area (Å²) in [6.45, 7) is 43.1. The van der Waals surface area contributed by atoms with Gasteiger partial charge in [-0.15, -0.1) is 0 Å². The van der Waals surface area contributed by atoms with E-state index < -0.39 is 5.41 Å².